The summed E-state index contributed by atoms with van der Waals surface area (Å²) >= 11 is 0. The first-order valence-electron chi connectivity index (χ1n) is 6.34. The molecule has 106 valence electrons. The van der Waals surface area contributed by atoms with Crippen molar-refractivity contribution in [2.75, 3.05) is 13.6 Å². The Morgan fingerprint density at radius 3 is 2.17 bits per heavy atom. The van der Waals surface area contributed by atoms with E-state index in [1.54, 1.807) is 7.05 Å². The Morgan fingerprint density at radius 2 is 1.78 bits per heavy atom. The van der Waals surface area contributed by atoms with Crippen molar-refractivity contribution in [1.29, 1.82) is 0 Å². The van der Waals surface area contributed by atoms with Crippen LogP contribution in [0.3, 0.4) is 0 Å². The van der Waals surface area contributed by atoms with Gasteiger partial charge in [-0.25, -0.2) is 0 Å². The molecule has 2 amide bonds. The highest BCUT2D eigenvalue weighted by atomic mass is 16.2. The number of rotatable bonds is 5. The lowest BCUT2D eigenvalue weighted by Crippen LogP contribution is -2.49. The summed E-state index contributed by atoms with van der Waals surface area (Å²) in [7, 11) is 1.60. The van der Waals surface area contributed by atoms with Gasteiger partial charge in [-0.05, 0) is 33.1 Å². The zero-order valence-corrected chi connectivity index (χ0v) is 12.4. The zero-order valence-electron chi connectivity index (χ0n) is 12.4. The lowest BCUT2D eigenvalue weighted by Gasteiger charge is -2.25. The van der Waals surface area contributed by atoms with E-state index >= 15 is 0 Å². The Labute approximate surface area is 110 Å². The molecule has 0 aromatic heterocycles. The molecule has 5 heteroatoms. The van der Waals surface area contributed by atoms with Crippen LogP contribution in [-0.4, -0.2) is 41.9 Å². The van der Waals surface area contributed by atoms with Crippen LogP contribution in [0, 0.1) is 5.92 Å². The fourth-order valence-corrected chi connectivity index (χ4v) is 1.64. The summed E-state index contributed by atoms with van der Waals surface area (Å²) in [6.45, 7) is 9.77. The third kappa shape index (κ3) is 7.27. The lowest BCUT2D eigenvalue weighted by atomic mass is 10.0. The van der Waals surface area contributed by atoms with E-state index in [4.69, 9.17) is 5.73 Å². The van der Waals surface area contributed by atoms with Crippen LogP contribution < -0.4 is 11.1 Å². The molecule has 0 aromatic rings. The van der Waals surface area contributed by atoms with Crippen molar-refractivity contribution in [3.05, 3.63) is 0 Å². The highest BCUT2D eigenvalue weighted by Gasteiger charge is 2.22. The van der Waals surface area contributed by atoms with E-state index in [0.717, 1.165) is 0 Å². The quantitative estimate of drug-likeness (QED) is 0.762. The van der Waals surface area contributed by atoms with Gasteiger partial charge in [0.15, 0.2) is 0 Å². The molecule has 0 spiro atoms. The van der Waals surface area contributed by atoms with Gasteiger partial charge < -0.3 is 16.0 Å². The van der Waals surface area contributed by atoms with E-state index in [1.165, 1.54) is 4.90 Å². The van der Waals surface area contributed by atoms with Gasteiger partial charge in [-0.2, -0.15) is 0 Å². The average Bonchev–Trinajstić information content (AvgIpc) is 2.11. The van der Waals surface area contributed by atoms with Crippen LogP contribution in [0.15, 0.2) is 0 Å². The maximum absolute atomic E-state index is 11.9. The van der Waals surface area contributed by atoms with Crippen molar-refractivity contribution in [2.24, 2.45) is 11.7 Å². The molecular formula is C13H27N3O2. The maximum Gasteiger partial charge on any atom is 0.240 e. The second-order valence-corrected chi connectivity index (χ2v) is 6.23. The number of amides is 2. The number of nitrogens with two attached hydrogens (primary N) is 1. The Bertz CT molecular complexity index is 295. The molecule has 0 aliphatic heterocycles. The fraction of sp³-hybridized carbons (Fsp3) is 0.846. The normalized spacial score (nSPS) is 13.3. The van der Waals surface area contributed by atoms with Gasteiger partial charge in [-0.15, -0.1) is 0 Å². The van der Waals surface area contributed by atoms with E-state index in [-0.39, 0.29) is 23.9 Å². The highest BCUT2D eigenvalue weighted by Crippen LogP contribution is 2.05. The smallest absolute Gasteiger partial charge is 0.240 e. The van der Waals surface area contributed by atoms with Crippen LogP contribution in [0.1, 0.15) is 41.0 Å². The minimum Gasteiger partial charge on any atom is -0.350 e. The Morgan fingerprint density at radius 1 is 1.28 bits per heavy atom. The standard InChI is InChI=1S/C13H27N3O2/c1-9(2)7-10(14)12(18)16(6)8-11(17)15-13(3,4)5/h9-10H,7-8,14H2,1-6H3,(H,15,17)/t10-/m0/s1. The van der Waals surface area contributed by atoms with Crippen molar-refractivity contribution >= 4 is 11.8 Å². The SMILES string of the molecule is CC(C)C[C@H](N)C(=O)N(C)CC(=O)NC(C)(C)C. The Kier molecular flexibility index (Phi) is 6.32. The third-order valence-electron chi connectivity index (χ3n) is 2.31. The van der Waals surface area contributed by atoms with E-state index in [9.17, 15) is 9.59 Å². The summed E-state index contributed by atoms with van der Waals surface area (Å²) in [6, 6.07) is -0.530. The van der Waals surface area contributed by atoms with Crippen LogP contribution >= 0.6 is 0 Å². The van der Waals surface area contributed by atoms with Crippen molar-refractivity contribution in [1.82, 2.24) is 10.2 Å². The minimum absolute atomic E-state index is 0.0436. The molecule has 18 heavy (non-hydrogen) atoms. The number of likely N-dealkylation sites (N-methyl/N-ethyl adjacent to an activating group) is 1. The third-order valence-corrected chi connectivity index (χ3v) is 2.31. The molecule has 0 fully saturated rings. The monoisotopic (exact) mass is 257 g/mol. The average molecular weight is 257 g/mol. The summed E-state index contributed by atoms with van der Waals surface area (Å²) in [5.41, 5.74) is 5.51. The second-order valence-electron chi connectivity index (χ2n) is 6.23. The van der Waals surface area contributed by atoms with Crippen LogP contribution in [0.5, 0.6) is 0 Å². The molecule has 0 saturated heterocycles. The first kappa shape index (κ1) is 16.9. The number of hydrogen-bond acceptors (Lipinski definition) is 3. The first-order valence-corrected chi connectivity index (χ1v) is 6.34. The summed E-state index contributed by atoms with van der Waals surface area (Å²) in [5, 5.41) is 2.81. The first-order chi connectivity index (χ1) is 8.03. The Hall–Kier alpha value is -1.10. The van der Waals surface area contributed by atoms with Crippen LogP contribution in [0.25, 0.3) is 0 Å². The molecule has 0 aliphatic rings. The fourth-order valence-electron chi connectivity index (χ4n) is 1.64. The predicted molar refractivity (Wildman–Crippen MR) is 73.0 cm³/mol. The zero-order chi connectivity index (χ0) is 14.5. The molecule has 0 radical (unpaired) electrons. The molecule has 0 rings (SSSR count). The summed E-state index contributed by atoms with van der Waals surface area (Å²) in [4.78, 5) is 25.0. The largest absolute Gasteiger partial charge is 0.350 e. The molecule has 0 unspecified atom stereocenters. The van der Waals surface area contributed by atoms with Crippen molar-refractivity contribution < 1.29 is 9.59 Å². The number of hydrogen-bond donors (Lipinski definition) is 2. The van der Waals surface area contributed by atoms with Crippen LogP contribution in [-0.2, 0) is 9.59 Å². The van der Waals surface area contributed by atoms with Gasteiger partial charge in [0.25, 0.3) is 0 Å². The number of carbonyl (C=O) groups is 2. The van der Waals surface area contributed by atoms with E-state index < -0.39 is 6.04 Å². The molecule has 5 nitrogen and oxygen atoms in total. The number of carbonyl (C=O) groups excluding carboxylic acids is 2. The van der Waals surface area contributed by atoms with Crippen molar-refractivity contribution in [3.8, 4) is 0 Å². The Balaban J connectivity index is 4.27. The minimum atomic E-state index is -0.530. The van der Waals surface area contributed by atoms with Gasteiger partial charge in [-0.1, -0.05) is 13.8 Å². The summed E-state index contributed by atoms with van der Waals surface area (Å²) in [6.07, 6.45) is 0.629. The maximum atomic E-state index is 11.9. The topological polar surface area (TPSA) is 75.4 Å². The van der Waals surface area contributed by atoms with Gasteiger partial charge >= 0.3 is 0 Å². The lowest BCUT2D eigenvalue weighted by molar-refractivity contribution is -0.136. The van der Waals surface area contributed by atoms with Crippen LogP contribution in [0.2, 0.25) is 0 Å². The van der Waals surface area contributed by atoms with Gasteiger partial charge in [-0.3, -0.25) is 9.59 Å². The molecule has 0 aliphatic carbocycles. The number of nitrogens with zero attached hydrogens (tertiary/aromatic N) is 1. The van der Waals surface area contributed by atoms with E-state index in [1.807, 2.05) is 34.6 Å². The molecule has 0 saturated carbocycles. The highest BCUT2D eigenvalue weighted by molar-refractivity contribution is 5.87. The van der Waals surface area contributed by atoms with Gasteiger partial charge in [0.05, 0.1) is 12.6 Å². The van der Waals surface area contributed by atoms with E-state index in [0.29, 0.717) is 12.3 Å². The summed E-state index contributed by atoms with van der Waals surface area (Å²) < 4.78 is 0. The molecule has 0 heterocycles. The summed E-state index contributed by atoms with van der Waals surface area (Å²) in [5.74, 6) is 0.00334. The van der Waals surface area contributed by atoms with Gasteiger partial charge in [0.2, 0.25) is 11.8 Å². The van der Waals surface area contributed by atoms with Crippen LogP contribution in [0.4, 0.5) is 0 Å². The molecule has 3 N–H and O–H groups in total. The molecule has 1 atom stereocenters. The predicted octanol–water partition coefficient (Wildman–Crippen LogP) is 0.733. The van der Waals surface area contributed by atoms with Gasteiger partial charge in [0, 0.05) is 12.6 Å². The van der Waals surface area contributed by atoms with Crippen molar-refractivity contribution in [3.63, 3.8) is 0 Å². The van der Waals surface area contributed by atoms with E-state index in [2.05, 4.69) is 5.32 Å². The number of nitrogens with one attached hydrogen (secondary N) is 1. The molecular weight excluding hydrogens is 230 g/mol. The second kappa shape index (κ2) is 6.73. The van der Waals surface area contributed by atoms with Crippen molar-refractivity contribution in [2.45, 2.75) is 52.6 Å². The van der Waals surface area contributed by atoms with Gasteiger partial charge in [0.1, 0.15) is 0 Å². The molecule has 0 aromatic carbocycles. The molecule has 0 bridgehead atoms.